The highest BCUT2D eigenvalue weighted by Crippen LogP contribution is 2.38. The predicted octanol–water partition coefficient (Wildman–Crippen LogP) is 2.14. The van der Waals surface area contributed by atoms with E-state index in [0.29, 0.717) is 37.6 Å². The van der Waals surface area contributed by atoms with Crippen LogP contribution in [0.2, 0.25) is 0 Å². The average Bonchev–Trinajstić information content (AvgIpc) is 3.04. The summed E-state index contributed by atoms with van der Waals surface area (Å²) >= 11 is 0. The lowest BCUT2D eigenvalue weighted by Crippen LogP contribution is -2.42. The Hall–Kier alpha value is -3.03. The van der Waals surface area contributed by atoms with E-state index in [0.717, 1.165) is 18.7 Å². The third-order valence-electron chi connectivity index (χ3n) is 5.59. The SMILES string of the molecule is Cc1ccc(/C(O)=C2\C(=O)C(=O)N(CCN3CCOCC3)[C@H]2c2ccccn2)cc1. The van der Waals surface area contributed by atoms with Crippen LogP contribution in [0.4, 0.5) is 0 Å². The topological polar surface area (TPSA) is 83.0 Å². The summed E-state index contributed by atoms with van der Waals surface area (Å²) in [4.78, 5) is 34.0. The van der Waals surface area contributed by atoms with Gasteiger partial charge in [-0.1, -0.05) is 35.9 Å². The van der Waals surface area contributed by atoms with Gasteiger partial charge >= 0.3 is 0 Å². The Balaban J connectivity index is 1.71. The molecule has 4 rings (SSSR count). The number of hydrogen-bond donors (Lipinski definition) is 1. The maximum Gasteiger partial charge on any atom is 0.295 e. The number of aliphatic hydroxyl groups excluding tert-OH is 1. The van der Waals surface area contributed by atoms with Crippen molar-refractivity contribution in [3.63, 3.8) is 0 Å². The van der Waals surface area contributed by atoms with Crippen LogP contribution in [0.1, 0.15) is 22.9 Å². The van der Waals surface area contributed by atoms with Crippen molar-refractivity contribution in [2.75, 3.05) is 39.4 Å². The molecule has 0 radical (unpaired) electrons. The Morgan fingerprint density at radius 2 is 1.83 bits per heavy atom. The zero-order valence-corrected chi connectivity index (χ0v) is 17.0. The highest BCUT2D eigenvalue weighted by atomic mass is 16.5. The molecule has 0 aliphatic carbocycles. The lowest BCUT2D eigenvalue weighted by atomic mass is 9.98. The molecule has 156 valence electrons. The van der Waals surface area contributed by atoms with Crippen LogP contribution in [0.3, 0.4) is 0 Å². The number of pyridine rings is 1. The maximum absolute atomic E-state index is 13.0. The fourth-order valence-electron chi connectivity index (χ4n) is 3.90. The maximum atomic E-state index is 13.0. The monoisotopic (exact) mass is 407 g/mol. The van der Waals surface area contributed by atoms with Crippen LogP contribution in [0, 0.1) is 6.92 Å². The number of hydrogen-bond acceptors (Lipinski definition) is 6. The van der Waals surface area contributed by atoms with Gasteiger partial charge in [-0.2, -0.15) is 0 Å². The second-order valence-electron chi connectivity index (χ2n) is 7.57. The van der Waals surface area contributed by atoms with Crippen molar-refractivity contribution in [1.29, 1.82) is 0 Å². The van der Waals surface area contributed by atoms with Crippen LogP contribution in [0.15, 0.2) is 54.2 Å². The Labute approximate surface area is 175 Å². The first-order chi connectivity index (χ1) is 14.6. The highest BCUT2D eigenvalue weighted by Gasteiger charge is 2.46. The molecule has 1 aromatic carbocycles. The smallest absolute Gasteiger partial charge is 0.295 e. The number of aryl methyl sites for hydroxylation is 1. The van der Waals surface area contributed by atoms with Crippen molar-refractivity contribution in [2.45, 2.75) is 13.0 Å². The number of morpholine rings is 1. The minimum absolute atomic E-state index is 0.0875. The number of Topliss-reactive ketones (excluding diaryl/α,β-unsaturated/α-hetero) is 1. The van der Waals surface area contributed by atoms with Gasteiger partial charge in [0, 0.05) is 37.9 Å². The lowest BCUT2D eigenvalue weighted by molar-refractivity contribution is -0.140. The Kier molecular flexibility index (Phi) is 5.92. The molecule has 30 heavy (non-hydrogen) atoms. The highest BCUT2D eigenvalue weighted by molar-refractivity contribution is 6.46. The molecular formula is C23H25N3O4. The number of rotatable bonds is 5. The van der Waals surface area contributed by atoms with E-state index in [9.17, 15) is 14.7 Å². The Bertz CT molecular complexity index is 950. The molecule has 2 fully saturated rings. The van der Waals surface area contributed by atoms with Crippen LogP contribution >= 0.6 is 0 Å². The average molecular weight is 407 g/mol. The van der Waals surface area contributed by atoms with Gasteiger partial charge in [-0.15, -0.1) is 0 Å². The number of aliphatic hydroxyl groups is 1. The first-order valence-electron chi connectivity index (χ1n) is 10.1. The second-order valence-corrected chi connectivity index (χ2v) is 7.57. The summed E-state index contributed by atoms with van der Waals surface area (Å²) in [7, 11) is 0. The summed E-state index contributed by atoms with van der Waals surface area (Å²) in [5, 5.41) is 11.0. The summed E-state index contributed by atoms with van der Waals surface area (Å²) in [6.45, 7) is 5.86. The minimum Gasteiger partial charge on any atom is -0.507 e. The van der Waals surface area contributed by atoms with Crippen molar-refractivity contribution in [2.24, 2.45) is 0 Å². The fraction of sp³-hybridized carbons (Fsp3) is 0.348. The van der Waals surface area contributed by atoms with E-state index in [4.69, 9.17) is 4.74 Å². The molecule has 0 unspecified atom stereocenters. The van der Waals surface area contributed by atoms with Crippen molar-refractivity contribution in [3.05, 3.63) is 71.1 Å². The van der Waals surface area contributed by atoms with Gasteiger partial charge in [-0.05, 0) is 19.1 Å². The summed E-state index contributed by atoms with van der Waals surface area (Å²) < 4.78 is 5.38. The van der Waals surface area contributed by atoms with Crippen LogP contribution in [0.25, 0.3) is 5.76 Å². The van der Waals surface area contributed by atoms with E-state index in [1.807, 2.05) is 25.1 Å². The third kappa shape index (κ3) is 3.99. The van der Waals surface area contributed by atoms with Gasteiger partial charge in [0.25, 0.3) is 11.7 Å². The second kappa shape index (κ2) is 8.77. The molecule has 1 aromatic heterocycles. The molecule has 2 aromatic rings. The number of aromatic nitrogens is 1. The molecule has 3 heterocycles. The molecule has 0 saturated carbocycles. The Morgan fingerprint density at radius 1 is 1.10 bits per heavy atom. The van der Waals surface area contributed by atoms with E-state index >= 15 is 0 Å². The Morgan fingerprint density at radius 3 is 2.50 bits per heavy atom. The van der Waals surface area contributed by atoms with Gasteiger partial charge in [-0.3, -0.25) is 19.5 Å². The minimum atomic E-state index is -0.714. The molecule has 2 aliphatic rings. The first-order valence-corrected chi connectivity index (χ1v) is 10.1. The molecule has 7 nitrogen and oxygen atoms in total. The van der Waals surface area contributed by atoms with Crippen LogP contribution in [-0.4, -0.2) is 71.0 Å². The molecule has 2 saturated heterocycles. The molecule has 1 atom stereocenters. The summed E-state index contributed by atoms with van der Waals surface area (Å²) in [5.74, 6) is -1.45. The molecule has 1 amide bonds. The molecule has 0 spiro atoms. The third-order valence-corrected chi connectivity index (χ3v) is 5.59. The van der Waals surface area contributed by atoms with Crippen molar-refractivity contribution < 1.29 is 19.4 Å². The van der Waals surface area contributed by atoms with Gasteiger partial charge in [-0.25, -0.2) is 0 Å². The molecule has 1 N–H and O–H groups in total. The van der Waals surface area contributed by atoms with Crippen LogP contribution < -0.4 is 0 Å². The fourth-order valence-corrected chi connectivity index (χ4v) is 3.90. The zero-order chi connectivity index (χ0) is 21.1. The predicted molar refractivity (Wildman–Crippen MR) is 112 cm³/mol. The van der Waals surface area contributed by atoms with E-state index in [1.165, 1.54) is 4.90 Å². The summed E-state index contributed by atoms with van der Waals surface area (Å²) in [6, 6.07) is 11.9. The molecule has 0 bridgehead atoms. The number of likely N-dealkylation sites (tertiary alicyclic amines) is 1. The standard InChI is InChI=1S/C23H25N3O4/c1-16-5-7-17(8-6-16)21(27)19-20(18-4-2-3-9-24-18)26(23(29)22(19)28)11-10-25-12-14-30-15-13-25/h2-9,20,27H,10-15H2,1H3/b21-19+/t20-/m0/s1. The number of ether oxygens (including phenoxy) is 1. The van der Waals surface area contributed by atoms with Crippen LogP contribution in [0.5, 0.6) is 0 Å². The normalized spacial score (nSPS) is 21.9. The molecule has 7 heteroatoms. The van der Waals surface area contributed by atoms with Crippen molar-refractivity contribution in [1.82, 2.24) is 14.8 Å². The summed E-state index contributed by atoms with van der Waals surface area (Å²) in [6.07, 6.45) is 1.63. The van der Waals surface area contributed by atoms with Crippen molar-refractivity contribution >= 4 is 17.4 Å². The number of carbonyl (C=O) groups excluding carboxylic acids is 2. The van der Waals surface area contributed by atoms with Gasteiger partial charge in [0.1, 0.15) is 11.8 Å². The molecule has 2 aliphatic heterocycles. The van der Waals surface area contributed by atoms with Gasteiger partial charge in [0.15, 0.2) is 0 Å². The largest absolute Gasteiger partial charge is 0.507 e. The van der Waals surface area contributed by atoms with E-state index in [2.05, 4.69) is 9.88 Å². The summed E-state index contributed by atoms with van der Waals surface area (Å²) in [5.41, 5.74) is 2.20. The number of amides is 1. The van der Waals surface area contributed by atoms with E-state index in [-0.39, 0.29) is 11.3 Å². The van der Waals surface area contributed by atoms with Crippen molar-refractivity contribution in [3.8, 4) is 0 Å². The first kappa shape index (κ1) is 20.3. The lowest BCUT2D eigenvalue weighted by Gasteiger charge is -2.30. The quantitative estimate of drug-likeness (QED) is 0.465. The van der Waals surface area contributed by atoms with Crippen LogP contribution in [-0.2, 0) is 14.3 Å². The van der Waals surface area contributed by atoms with Gasteiger partial charge in [0.2, 0.25) is 0 Å². The van der Waals surface area contributed by atoms with Gasteiger partial charge < -0.3 is 14.7 Å². The van der Waals surface area contributed by atoms with E-state index in [1.54, 1.807) is 30.5 Å². The number of nitrogens with zero attached hydrogens (tertiary/aromatic N) is 3. The zero-order valence-electron chi connectivity index (χ0n) is 17.0. The van der Waals surface area contributed by atoms with Gasteiger partial charge in [0.05, 0.1) is 24.5 Å². The number of ketones is 1. The van der Waals surface area contributed by atoms with E-state index < -0.39 is 17.7 Å². The number of benzene rings is 1. The number of carbonyl (C=O) groups is 2. The molecular weight excluding hydrogens is 382 g/mol.